The molecule has 1 aliphatic heterocycles. The Morgan fingerprint density at radius 1 is 1.50 bits per heavy atom. The van der Waals surface area contributed by atoms with Crippen molar-refractivity contribution in [3.05, 3.63) is 11.1 Å². The van der Waals surface area contributed by atoms with Crippen LogP contribution in [0.15, 0.2) is 0 Å². The van der Waals surface area contributed by atoms with Gasteiger partial charge in [0.2, 0.25) is 5.28 Å². The summed E-state index contributed by atoms with van der Waals surface area (Å²) in [6.45, 7) is 2.22. The van der Waals surface area contributed by atoms with Crippen molar-refractivity contribution in [3.8, 4) is 0 Å². The van der Waals surface area contributed by atoms with Crippen LogP contribution >= 0.6 is 35.1 Å². The largest absolute Gasteiger partial charge is 0.261 e. The molecule has 14 heavy (non-hydrogen) atoms. The molecule has 78 valence electrons. The normalized spacial score (nSPS) is 27.9. The van der Waals surface area contributed by atoms with Crippen molar-refractivity contribution < 1.29 is 0 Å². The number of aromatic amines is 1. The van der Waals surface area contributed by atoms with Crippen LogP contribution in [0.25, 0.3) is 0 Å². The Bertz CT molecular complexity index is 305. The van der Waals surface area contributed by atoms with Gasteiger partial charge in [0.1, 0.15) is 5.82 Å². The summed E-state index contributed by atoms with van der Waals surface area (Å²) in [5, 5.41) is 8.17. The van der Waals surface area contributed by atoms with E-state index in [1.165, 1.54) is 17.9 Å². The molecule has 0 aliphatic carbocycles. The van der Waals surface area contributed by atoms with E-state index < -0.39 is 0 Å². The quantitative estimate of drug-likeness (QED) is 0.875. The number of nitrogens with one attached hydrogen (secondary N) is 1. The highest BCUT2D eigenvalue weighted by atomic mass is 35.5. The average molecular weight is 250 g/mol. The maximum absolute atomic E-state index is 5.70. The van der Waals surface area contributed by atoms with Crippen LogP contribution in [0.2, 0.25) is 5.28 Å². The molecule has 1 N–H and O–H groups in total. The van der Waals surface area contributed by atoms with Crippen molar-refractivity contribution in [2.45, 2.75) is 23.8 Å². The number of nitrogens with zero attached hydrogens (tertiary/aromatic N) is 2. The van der Waals surface area contributed by atoms with E-state index in [0.29, 0.717) is 15.8 Å². The molecule has 2 atom stereocenters. The molecule has 0 bridgehead atoms. The molecule has 1 aromatic rings. The summed E-state index contributed by atoms with van der Waals surface area (Å²) >= 11 is 9.67. The number of rotatable bonds is 2. The molecular formula is C8H12ClN3S2. The molecule has 0 spiro atoms. The van der Waals surface area contributed by atoms with Crippen LogP contribution in [-0.4, -0.2) is 31.9 Å². The second-order valence-corrected chi connectivity index (χ2v) is 6.03. The van der Waals surface area contributed by atoms with Crippen LogP contribution in [0.3, 0.4) is 0 Å². The van der Waals surface area contributed by atoms with E-state index in [4.69, 9.17) is 11.6 Å². The molecular weight excluding hydrogens is 238 g/mol. The number of hydrogen-bond acceptors (Lipinski definition) is 4. The van der Waals surface area contributed by atoms with Gasteiger partial charge in [0.25, 0.3) is 0 Å². The molecule has 0 amide bonds. The summed E-state index contributed by atoms with van der Waals surface area (Å²) in [4.78, 5) is 4.20. The van der Waals surface area contributed by atoms with E-state index in [1.54, 1.807) is 0 Å². The third kappa shape index (κ3) is 2.20. The second-order valence-electron chi connectivity index (χ2n) is 3.10. The minimum absolute atomic E-state index is 0.325. The van der Waals surface area contributed by atoms with Gasteiger partial charge in [-0.25, -0.2) is 4.98 Å². The van der Waals surface area contributed by atoms with Gasteiger partial charge in [-0.3, -0.25) is 5.10 Å². The fourth-order valence-electron chi connectivity index (χ4n) is 1.54. The average Bonchev–Trinajstić information content (AvgIpc) is 2.65. The first-order chi connectivity index (χ1) is 6.81. The van der Waals surface area contributed by atoms with Gasteiger partial charge in [-0.15, -0.1) is 16.9 Å². The Labute approximate surface area is 96.8 Å². The van der Waals surface area contributed by atoms with Crippen molar-refractivity contribution in [1.82, 2.24) is 15.2 Å². The number of aromatic nitrogens is 3. The van der Waals surface area contributed by atoms with Crippen LogP contribution in [0, 0.1) is 0 Å². The van der Waals surface area contributed by atoms with Crippen LogP contribution in [0.1, 0.15) is 24.4 Å². The van der Waals surface area contributed by atoms with Crippen LogP contribution in [0.4, 0.5) is 0 Å². The van der Waals surface area contributed by atoms with E-state index in [0.717, 1.165) is 5.82 Å². The number of thioether (sulfide) groups is 2. The monoisotopic (exact) mass is 249 g/mol. The summed E-state index contributed by atoms with van der Waals surface area (Å²) in [5.41, 5.74) is 0. The lowest BCUT2D eigenvalue weighted by Crippen LogP contribution is -2.19. The Hall–Kier alpha value is 0.130. The molecule has 1 aliphatic rings. The standard InChI is InChI=1S/C8H12ClN3S2/c1-2-5-6(14-4-3-13-5)7-10-8(9)12-11-7/h5-6H,2-4H2,1H3,(H,10,11,12). The first-order valence-corrected chi connectivity index (χ1v) is 7.10. The lowest BCUT2D eigenvalue weighted by molar-refractivity contribution is 0.753. The van der Waals surface area contributed by atoms with Gasteiger partial charge in [-0.2, -0.15) is 11.8 Å². The van der Waals surface area contributed by atoms with E-state index in [2.05, 4.69) is 22.1 Å². The van der Waals surface area contributed by atoms with E-state index in [9.17, 15) is 0 Å². The predicted octanol–water partition coefficient (Wildman–Crippen LogP) is 2.76. The zero-order valence-electron chi connectivity index (χ0n) is 7.86. The van der Waals surface area contributed by atoms with E-state index in [-0.39, 0.29) is 0 Å². The summed E-state index contributed by atoms with van der Waals surface area (Å²) in [7, 11) is 0. The number of halogens is 1. The molecule has 6 heteroatoms. The fraction of sp³-hybridized carbons (Fsp3) is 0.750. The predicted molar refractivity (Wildman–Crippen MR) is 63.1 cm³/mol. The molecule has 0 saturated carbocycles. The van der Waals surface area contributed by atoms with Crippen molar-refractivity contribution in [1.29, 1.82) is 0 Å². The highest BCUT2D eigenvalue weighted by Gasteiger charge is 2.28. The van der Waals surface area contributed by atoms with Gasteiger partial charge in [-0.1, -0.05) is 6.92 Å². The maximum atomic E-state index is 5.70. The summed E-state index contributed by atoms with van der Waals surface area (Å²) in [6, 6.07) is 0. The SMILES string of the molecule is CCC1SCCSC1c1nc(Cl)n[nH]1. The lowest BCUT2D eigenvalue weighted by atomic mass is 10.2. The molecule has 3 nitrogen and oxygen atoms in total. The van der Waals surface area contributed by atoms with E-state index >= 15 is 0 Å². The molecule has 1 fully saturated rings. The maximum Gasteiger partial charge on any atom is 0.242 e. The molecule has 1 aromatic heterocycles. The third-order valence-electron chi connectivity index (χ3n) is 2.20. The Morgan fingerprint density at radius 3 is 2.93 bits per heavy atom. The molecule has 2 heterocycles. The third-order valence-corrected chi connectivity index (χ3v) is 5.62. The number of hydrogen-bond donors (Lipinski definition) is 1. The molecule has 1 saturated heterocycles. The van der Waals surface area contributed by atoms with E-state index in [1.807, 2.05) is 23.5 Å². The van der Waals surface area contributed by atoms with Crippen LogP contribution in [-0.2, 0) is 0 Å². The first kappa shape index (κ1) is 10.6. The first-order valence-electron chi connectivity index (χ1n) is 4.62. The van der Waals surface area contributed by atoms with Gasteiger partial charge in [0.15, 0.2) is 0 Å². The number of H-pyrrole nitrogens is 1. The summed E-state index contributed by atoms with van der Waals surface area (Å²) in [5.74, 6) is 3.35. The lowest BCUT2D eigenvalue weighted by Gasteiger charge is -2.27. The van der Waals surface area contributed by atoms with Gasteiger partial charge < -0.3 is 0 Å². The topological polar surface area (TPSA) is 41.6 Å². The van der Waals surface area contributed by atoms with Gasteiger partial charge >= 0.3 is 0 Å². The Kier molecular flexibility index (Phi) is 3.62. The van der Waals surface area contributed by atoms with Crippen molar-refractivity contribution >= 4 is 35.1 Å². The Balaban J connectivity index is 2.14. The molecule has 0 aromatic carbocycles. The molecule has 2 unspecified atom stereocenters. The fourth-order valence-corrected chi connectivity index (χ4v) is 4.68. The highest BCUT2D eigenvalue weighted by molar-refractivity contribution is 8.06. The minimum Gasteiger partial charge on any atom is -0.261 e. The Morgan fingerprint density at radius 2 is 2.29 bits per heavy atom. The smallest absolute Gasteiger partial charge is 0.242 e. The van der Waals surface area contributed by atoms with Gasteiger partial charge in [-0.05, 0) is 18.0 Å². The zero-order valence-corrected chi connectivity index (χ0v) is 10.3. The van der Waals surface area contributed by atoms with Crippen molar-refractivity contribution in [2.24, 2.45) is 0 Å². The second kappa shape index (κ2) is 4.77. The van der Waals surface area contributed by atoms with Gasteiger partial charge in [0.05, 0.1) is 5.25 Å². The molecule has 2 rings (SSSR count). The molecule has 0 radical (unpaired) electrons. The summed E-state index contributed by atoms with van der Waals surface area (Å²) in [6.07, 6.45) is 1.17. The summed E-state index contributed by atoms with van der Waals surface area (Å²) < 4.78 is 0. The van der Waals surface area contributed by atoms with Crippen molar-refractivity contribution in [2.75, 3.05) is 11.5 Å². The minimum atomic E-state index is 0.325. The van der Waals surface area contributed by atoms with Crippen LogP contribution < -0.4 is 0 Å². The van der Waals surface area contributed by atoms with Gasteiger partial charge in [0, 0.05) is 16.8 Å². The highest BCUT2D eigenvalue weighted by Crippen LogP contribution is 2.42. The zero-order chi connectivity index (χ0) is 9.97. The van der Waals surface area contributed by atoms with Crippen molar-refractivity contribution in [3.63, 3.8) is 0 Å². The van der Waals surface area contributed by atoms with Crippen LogP contribution in [0.5, 0.6) is 0 Å².